The molecule has 4 rings (SSSR count). The van der Waals surface area contributed by atoms with Crippen molar-refractivity contribution in [3.63, 3.8) is 0 Å². The monoisotopic (exact) mass is 356 g/mol. The number of benzene rings is 1. The van der Waals surface area contributed by atoms with Crippen LogP contribution in [0.1, 0.15) is 10.7 Å². The van der Waals surface area contributed by atoms with Gasteiger partial charge in [0.25, 0.3) is 5.56 Å². The van der Waals surface area contributed by atoms with Crippen molar-refractivity contribution in [2.75, 3.05) is 0 Å². The zero-order valence-corrected chi connectivity index (χ0v) is 14.0. The molecule has 0 aliphatic rings. The molecule has 0 aliphatic carbocycles. The van der Waals surface area contributed by atoms with Crippen LogP contribution in [0.25, 0.3) is 10.9 Å². The van der Waals surface area contributed by atoms with Gasteiger partial charge in [-0.15, -0.1) is 16.4 Å². The Labute approximate surface area is 144 Å². The van der Waals surface area contributed by atoms with E-state index in [-0.39, 0.29) is 5.56 Å². The predicted molar refractivity (Wildman–Crippen MR) is 93.2 cm³/mol. The fourth-order valence-corrected chi connectivity index (χ4v) is 3.72. The van der Waals surface area contributed by atoms with Crippen LogP contribution in [0.3, 0.4) is 0 Å². The highest BCUT2D eigenvalue weighted by molar-refractivity contribution is 7.98. The third-order valence-corrected chi connectivity index (χ3v) is 5.21. The molecule has 0 bridgehead atoms. The number of aromatic nitrogens is 6. The van der Waals surface area contributed by atoms with Crippen LogP contribution in [0.2, 0.25) is 0 Å². The first kappa shape index (κ1) is 15.0. The summed E-state index contributed by atoms with van der Waals surface area (Å²) in [6.45, 7) is 0.634. The molecule has 0 fully saturated rings. The normalized spacial score (nSPS) is 11.2. The number of H-pyrrole nitrogens is 1. The summed E-state index contributed by atoms with van der Waals surface area (Å²) in [5.74, 6) is 1.10. The second-order valence-corrected chi connectivity index (χ2v) is 6.99. The third-order valence-electron chi connectivity index (χ3n) is 3.38. The molecule has 0 atom stereocenters. The van der Waals surface area contributed by atoms with Crippen molar-refractivity contribution < 1.29 is 0 Å². The summed E-state index contributed by atoms with van der Waals surface area (Å²) in [5.41, 5.74) is 0.560. The lowest BCUT2D eigenvalue weighted by atomic mass is 10.2. The molecule has 1 N–H and O–H groups in total. The molecular formula is C15H12N6OS2. The van der Waals surface area contributed by atoms with Gasteiger partial charge >= 0.3 is 0 Å². The molecule has 24 heavy (non-hydrogen) atoms. The number of rotatable bonds is 5. The van der Waals surface area contributed by atoms with Gasteiger partial charge in [0.1, 0.15) is 5.82 Å². The van der Waals surface area contributed by atoms with Crippen molar-refractivity contribution in [2.45, 2.75) is 17.5 Å². The van der Waals surface area contributed by atoms with Gasteiger partial charge in [-0.25, -0.2) is 9.67 Å². The smallest absolute Gasteiger partial charge is 0.258 e. The fraction of sp³-hybridized carbons (Fsp3) is 0.133. The van der Waals surface area contributed by atoms with E-state index >= 15 is 0 Å². The summed E-state index contributed by atoms with van der Waals surface area (Å²) in [6.07, 6.45) is 0. The van der Waals surface area contributed by atoms with Crippen LogP contribution in [-0.4, -0.2) is 30.2 Å². The van der Waals surface area contributed by atoms with Gasteiger partial charge in [-0.3, -0.25) is 4.79 Å². The van der Waals surface area contributed by atoms with Gasteiger partial charge in [-0.05, 0) is 34.0 Å². The molecule has 7 nitrogen and oxygen atoms in total. The number of hydrogen-bond donors (Lipinski definition) is 1. The second-order valence-electron chi connectivity index (χ2n) is 5.02. The van der Waals surface area contributed by atoms with Gasteiger partial charge < -0.3 is 4.98 Å². The summed E-state index contributed by atoms with van der Waals surface area (Å²) in [4.78, 5) is 20.6. The van der Waals surface area contributed by atoms with E-state index in [1.807, 2.05) is 35.7 Å². The van der Waals surface area contributed by atoms with Crippen LogP contribution in [-0.2, 0) is 12.3 Å². The maximum absolute atomic E-state index is 12.1. The van der Waals surface area contributed by atoms with Gasteiger partial charge in [0.15, 0.2) is 0 Å². The highest BCUT2D eigenvalue weighted by atomic mass is 32.2. The summed E-state index contributed by atoms with van der Waals surface area (Å²) in [5, 5.41) is 15.1. The first-order valence-electron chi connectivity index (χ1n) is 7.19. The number of aromatic amines is 1. The van der Waals surface area contributed by atoms with Crippen LogP contribution < -0.4 is 5.56 Å². The summed E-state index contributed by atoms with van der Waals surface area (Å²) in [7, 11) is 0. The van der Waals surface area contributed by atoms with Crippen LogP contribution in [0, 0.1) is 0 Å². The maximum atomic E-state index is 12.1. The van der Waals surface area contributed by atoms with E-state index < -0.39 is 0 Å². The zero-order chi connectivity index (χ0) is 16.4. The van der Waals surface area contributed by atoms with E-state index in [1.54, 1.807) is 22.1 Å². The average Bonchev–Trinajstić information content (AvgIpc) is 3.25. The molecule has 3 heterocycles. The number of para-hydroxylation sites is 1. The van der Waals surface area contributed by atoms with Gasteiger partial charge in [0, 0.05) is 4.88 Å². The summed E-state index contributed by atoms with van der Waals surface area (Å²) in [6, 6.07) is 11.3. The third kappa shape index (κ3) is 3.08. The van der Waals surface area contributed by atoms with E-state index in [2.05, 4.69) is 25.5 Å². The van der Waals surface area contributed by atoms with Crippen LogP contribution >= 0.6 is 23.1 Å². The van der Waals surface area contributed by atoms with Crippen molar-refractivity contribution in [3.05, 3.63) is 62.8 Å². The van der Waals surface area contributed by atoms with Gasteiger partial charge in [-0.2, -0.15) is 0 Å². The Kier molecular flexibility index (Phi) is 4.09. The quantitative estimate of drug-likeness (QED) is 0.552. The lowest BCUT2D eigenvalue weighted by molar-refractivity contribution is 0.608. The first-order valence-corrected chi connectivity index (χ1v) is 9.05. The van der Waals surface area contributed by atoms with Crippen molar-refractivity contribution >= 4 is 34.0 Å². The van der Waals surface area contributed by atoms with E-state index in [0.717, 1.165) is 0 Å². The Morgan fingerprint density at radius 3 is 3.00 bits per heavy atom. The Hall–Kier alpha value is -2.52. The predicted octanol–water partition coefficient (Wildman–Crippen LogP) is 2.31. The fourth-order valence-electron chi connectivity index (χ4n) is 2.29. The lowest BCUT2D eigenvalue weighted by Crippen LogP contribution is -2.11. The van der Waals surface area contributed by atoms with E-state index in [1.165, 1.54) is 16.6 Å². The van der Waals surface area contributed by atoms with E-state index in [0.29, 0.717) is 34.2 Å². The van der Waals surface area contributed by atoms with Crippen molar-refractivity contribution in [1.29, 1.82) is 0 Å². The topological polar surface area (TPSA) is 89.4 Å². The molecule has 120 valence electrons. The minimum atomic E-state index is -0.130. The number of nitrogens with zero attached hydrogens (tertiary/aromatic N) is 5. The molecule has 0 radical (unpaired) electrons. The Morgan fingerprint density at radius 1 is 1.21 bits per heavy atom. The molecule has 4 aromatic rings. The average molecular weight is 356 g/mol. The minimum Gasteiger partial charge on any atom is -0.309 e. The molecule has 1 aromatic carbocycles. The molecule has 0 unspecified atom stereocenters. The molecule has 0 amide bonds. The van der Waals surface area contributed by atoms with E-state index in [9.17, 15) is 4.79 Å². The molecule has 0 saturated carbocycles. The van der Waals surface area contributed by atoms with Gasteiger partial charge in [0.05, 0.1) is 23.2 Å². The number of thioether (sulfide) groups is 1. The number of tetrazole rings is 1. The number of nitrogens with one attached hydrogen (secondary N) is 1. The highest BCUT2D eigenvalue weighted by Crippen LogP contribution is 2.20. The number of fused-ring (bicyclic) bond motifs is 1. The Balaban J connectivity index is 1.53. The van der Waals surface area contributed by atoms with Crippen molar-refractivity contribution in [1.82, 2.24) is 30.2 Å². The van der Waals surface area contributed by atoms with Crippen LogP contribution in [0.15, 0.2) is 51.7 Å². The van der Waals surface area contributed by atoms with Crippen molar-refractivity contribution in [2.24, 2.45) is 0 Å². The molecule has 3 aromatic heterocycles. The first-order chi connectivity index (χ1) is 11.8. The number of hydrogen-bond acceptors (Lipinski definition) is 7. The second kappa shape index (κ2) is 6.54. The van der Waals surface area contributed by atoms with Crippen LogP contribution in [0.5, 0.6) is 0 Å². The molecule has 9 heteroatoms. The van der Waals surface area contributed by atoms with Gasteiger partial charge in [-0.1, -0.05) is 30.0 Å². The maximum Gasteiger partial charge on any atom is 0.258 e. The molecule has 0 spiro atoms. The van der Waals surface area contributed by atoms with Crippen molar-refractivity contribution in [3.8, 4) is 0 Å². The van der Waals surface area contributed by atoms with Crippen LogP contribution in [0.4, 0.5) is 0 Å². The SMILES string of the molecule is O=c1[nH]c(CSc2nnnn2Cc2cccs2)nc2ccccc12. The Morgan fingerprint density at radius 2 is 2.12 bits per heavy atom. The molecular weight excluding hydrogens is 344 g/mol. The molecule has 0 saturated heterocycles. The zero-order valence-electron chi connectivity index (χ0n) is 12.4. The Bertz CT molecular complexity index is 1020. The highest BCUT2D eigenvalue weighted by Gasteiger charge is 2.10. The standard InChI is InChI=1S/C15H12N6OS2/c22-14-11-5-1-2-6-12(11)16-13(17-14)9-24-15-18-19-20-21(15)8-10-4-3-7-23-10/h1-7H,8-9H2,(H,16,17,22). The minimum absolute atomic E-state index is 0.130. The summed E-state index contributed by atoms with van der Waals surface area (Å²) < 4.78 is 1.75. The molecule has 0 aliphatic heterocycles. The van der Waals surface area contributed by atoms with Gasteiger partial charge in [0.2, 0.25) is 5.16 Å². The lowest BCUT2D eigenvalue weighted by Gasteiger charge is -2.04. The number of thiophene rings is 1. The largest absolute Gasteiger partial charge is 0.309 e. The summed E-state index contributed by atoms with van der Waals surface area (Å²) >= 11 is 3.11. The van der Waals surface area contributed by atoms with E-state index in [4.69, 9.17) is 0 Å².